The van der Waals surface area contributed by atoms with Gasteiger partial charge in [0.05, 0.1) is 6.54 Å². The Morgan fingerprint density at radius 3 is 2.43 bits per heavy atom. The molecule has 2 heterocycles. The second-order valence-electron chi connectivity index (χ2n) is 11.1. The molecule has 7 heteroatoms. The van der Waals surface area contributed by atoms with E-state index in [1.54, 1.807) is 19.0 Å². The molecule has 3 atom stereocenters. The maximum absolute atomic E-state index is 16.0. The van der Waals surface area contributed by atoms with E-state index < -0.39 is 6.30 Å². The Morgan fingerprint density at radius 2 is 1.80 bits per heavy atom. The minimum absolute atomic E-state index is 0.0551. The first-order chi connectivity index (χ1) is 16.9. The van der Waals surface area contributed by atoms with Crippen molar-refractivity contribution < 1.29 is 9.18 Å². The number of amides is 1. The lowest BCUT2D eigenvalue weighted by molar-refractivity contribution is 0.0364. The zero-order valence-corrected chi connectivity index (χ0v) is 21.8. The standard InChI is InChI=1S/C28H44FN5O/c1-20-15-24(25(29)33-28(20)11-9-7-5-4-6-8-10-12-28)22-16-21(19-32-27-30-13-14-31-27)17-23(18-22)26(35)34(2)3/h16-18,20,24-25,33H,4-15,19H2,1-3H3,(H2,30,31,32). The van der Waals surface area contributed by atoms with Crippen molar-refractivity contribution in [1.29, 1.82) is 0 Å². The van der Waals surface area contributed by atoms with Gasteiger partial charge >= 0.3 is 0 Å². The summed E-state index contributed by atoms with van der Waals surface area (Å²) in [5, 5.41) is 10.0. The van der Waals surface area contributed by atoms with Crippen molar-refractivity contribution >= 4 is 11.9 Å². The van der Waals surface area contributed by atoms with Crippen LogP contribution in [0.4, 0.5) is 4.39 Å². The second-order valence-corrected chi connectivity index (χ2v) is 11.1. The number of aliphatic imine (C=N–C) groups is 1. The number of guanidine groups is 1. The third-order valence-corrected chi connectivity index (χ3v) is 8.31. The van der Waals surface area contributed by atoms with Crippen molar-refractivity contribution in [3.63, 3.8) is 0 Å². The Kier molecular flexibility index (Phi) is 8.68. The fraction of sp³-hybridized carbons (Fsp3) is 0.714. The highest BCUT2D eigenvalue weighted by atomic mass is 19.1. The average Bonchev–Trinajstić information content (AvgIpc) is 3.37. The van der Waals surface area contributed by atoms with E-state index in [9.17, 15) is 4.79 Å². The Morgan fingerprint density at radius 1 is 1.11 bits per heavy atom. The number of hydrogen-bond acceptors (Lipinski definition) is 5. The maximum Gasteiger partial charge on any atom is 0.253 e. The third kappa shape index (κ3) is 6.35. The molecule has 1 aliphatic carbocycles. The van der Waals surface area contributed by atoms with Crippen molar-refractivity contribution in [1.82, 2.24) is 20.9 Å². The van der Waals surface area contributed by atoms with Gasteiger partial charge in [-0.15, -0.1) is 0 Å². The van der Waals surface area contributed by atoms with E-state index in [2.05, 4.69) is 33.9 Å². The minimum atomic E-state index is -1.11. The van der Waals surface area contributed by atoms with E-state index in [-0.39, 0.29) is 17.4 Å². The number of benzene rings is 1. The monoisotopic (exact) mass is 485 g/mol. The van der Waals surface area contributed by atoms with Crippen molar-refractivity contribution in [2.75, 3.05) is 27.2 Å². The number of nitrogens with one attached hydrogen (secondary N) is 3. The van der Waals surface area contributed by atoms with Crippen LogP contribution in [0.3, 0.4) is 0 Å². The summed E-state index contributed by atoms with van der Waals surface area (Å²) in [6.45, 7) is 4.45. The number of rotatable bonds is 4. The fourth-order valence-corrected chi connectivity index (χ4v) is 6.19. The summed E-state index contributed by atoms with van der Waals surface area (Å²) in [4.78, 5) is 18.9. The molecule has 35 heavy (non-hydrogen) atoms. The lowest BCUT2D eigenvalue weighted by Crippen LogP contribution is -2.59. The smallest absolute Gasteiger partial charge is 0.253 e. The second kappa shape index (κ2) is 11.7. The molecule has 1 spiro atoms. The van der Waals surface area contributed by atoms with Gasteiger partial charge < -0.3 is 15.5 Å². The van der Waals surface area contributed by atoms with Gasteiger partial charge in [0.1, 0.15) is 0 Å². The predicted octanol–water partition coefficient (Wildman–Crippen LogP) is 4.71. The van der Waals surface area contributed by atoms with Gasteiger partial charge in [0.2, 0.25) is 0 Å². The molecule has 0 aromatic heterocycles. The van der Waals surface area contributed by atoms with Gasteiger partial charge in [0.25, 0.3) is 5.91 Å². The Labute approximate surface area is 210 Å². The van der Waals surface area contributed by atoms with Gasteiger partial charge in [0.15, 0.2) is 12.3 Å². The first-order valence-electron chi connectivity index (χ1n) is 13.7. The molecule has 4 rings (SSSR count). The highest BCUT2D eigenvalue weighted by Crippen LogP contribution is 2.44. The molecule has 3 unspecified atom stereocenters. The molecule has 6 nitrogen and oxygen atoms in total. The van der Waals surface area contributed by atoms with E-state index in [0.29, 0.717) is 18.0 Å². The van der Waals surface area contributed by atoms with Crippen molar-refractivity contribution in [3.8, 4) is 0 Å². The SMILES string of the molecule is CC1CC(c2cc(CNC3=NCCN3)cc(C(=O)N(C)C)c2)C(F)NC12CCCCCCCCC2. The molecule has 3 N–H and O–H groups in total. The summed E-state index contributed by atoms with van der Waals surface area (Å²) in [5.41, 5.74) is 2.39. The number of halogens is 1. The first kappa shape index (κ1) is 25.9. The van der Waals surface area contributed by atoms with Crippen LogP contribution in [-0.2, 0) is 6.54 Å². The van der Waals surface area contributed by atoms with Crippen LogP contribution in [-0.4, -0.2) is 55.8 Å². The molecule has 194 valence electrons. The van der Waals surface area contributed by atoms with E-state index in [0.717, 1.165) is 49.4 Å². The van der Waals surface area contributed by atoms with Crippen LogP contribution < -0.4 is 16.0 Å². The van der Waals surface area contributed by atoms with Crippen molar-refractivity contribution in [2.45, 2.75) is 95.4 Å². The summed E-state index contributed by atoms with van der Waals surface area (Å²) in [6.07, 6.45) is 10.6. The number of piperidine rings is 1. The van der Waals surface area contributed by atoms with Gasteiger partial charge in [-0.2, -0.15) is 0 Å². The van der Waals surface area contributed by atoms with Crippen LogP contribution >= 0.6 is 0 Å². The van der Waals surface area contributed by atoms with Gasteiger partial charge in [-0.05, 0) is 48.4 Å². The number of hydrogen-bond donors (Lipinski definition) is 3. The van der Waals surface area contributed by atoms with Crippen LogP contribution in [0.15, 0.2) is 23.2 Å². The van der Waals surface area contributed by atoms with Crippen LogP contribution in [0.25, 0.3) is 0 Å². The quantitative estimate of drug-likeness (QED) is 0.541. The van der Waals surface area contributed by atoms with Crippen molar-refractivity contribution in [2.24, 2.45) is 10.9 Å². The number of carbonyl (C=O) groups excluding carboxylic acids is 1. The maximum atomic E-state index is 16.0. The lowest BCUT2D eigenvalue weighted by Gasteiger charge is -2.49. The van der Waals surface area contributed by atoms with E-state index in [1.807, 2.05) is 12.1 Å². The van der Waals surface area contributed by atoms with Crippen LogP contribution in [0, 0.1) is 5.92 Å². The topological polar surface area (TPSA) is 68.8 Å². The highest BCUT2D eigenvalue weighted by molar-refractivity contribution is 5.94. The van der Waals surface area contributed by atoms with E-state index in [1.165, 1.54) is 44.9 Å². The molecular formula is C28H44FN5O. The van der Waals surface area contributed by atoms with Crippen LogP contribution in [0.1, 0.15) is 98.5 Å². The molecule has 0 bridgehead atoms. The molecule has 1 aromatic rings. The van der Waals surface area contributed by atoms with Gasteiger partial charge in [-0.25, -0.2) is 4.39 Å². The molecule has 2 aliphatic heterocycles. The summed E-state index contributed by atoms with van der Waals surface area (Å²) < 4.78 is 16.0. The summed E-state index contributed by atoms with van der Waals surface area (Å²) in [7, 11) is 3.52. The predicted molar refractivity (Wildman–Crippen MR) is 140 cm³/mol. The van der Waals surface area contributed by atoms with Gasteiger partial charge in [-0.1, -0.05) is 57.9 Å². The Hall–Kier alpha value is -2.15. The zero-order chi connectivity index (χ0) is 24.8. The summed E-state index contributed by atoms with van der Waals surface area (Å²) in [5.74, 6) is 0.845. The molecule has 1 saturated carbocycles. The number of nitrogens with zero attached hydrogens (tertiary/aromatic N) is 2. The van der Waals surface area contributed by atoms with Crippen molar-refractivity contribution in [3.05, 3.63) is 34.9 Å². The number of carbonyl (C=O) groups is 1. The van der Waals surface area contributed by atoms with E-state index >= 15 is 4.39 Å². The molecule has 2 fully saturated rings. The largest absolute Gasteiger partial charge is 0.355 e. The zero-order valence-electron chi connectivity index (χ0n) is 21.8. The van der Waals surface area contributed by atoms with Gasteiger partial charge in [0, 0.05) is 44.2 Å². The molecule has 1 aromatic carbocycles. The first-order valence-corrected chi connectivity index (χ1v) is 13.7. The van der Waals surface area contributed by atoms with Crippen LogP contribution in [0.2, 0.25) is 0 Å². The summed E-state index contributed by atoms with van der Waals surface area (Å²) in [6, 6.07) is 5.91. The Balaban J connectivity index is 1.56. The highest BCUT2D eigenvalue weighted by Gasteiger charge is 2.45. The van der Waals surface area contributed by atoms with E-state index in [4.69, 9.17) is 0 Å². The fourth-order valence-electron chi connectivity index (χ4n) is 6.19. The lowest BCUT2D eigenvalue weighted by atomic mass is 9.68. The molecular weight excluding hydrogens is 441 g/mol. The van der Waals surface area contributed by atoms with Gasteiger partial charge in [-0.3, -0.25) is 15.1 Å². The molecule has 1 amide bonds. The molecule has 1 saturated heterocycles. The molecule has 3 aliphatic rings. The Bertz CT molecular complexity index is 891. The average molecular weight is 486 g/mol. The van der Waals surface area contributed by atoms with Crippen LogP contribution in [0.5, 0.6) is 0 Å². The minimum Gasteiger partial charge on any atom is -0.355 e. The number of alkyl halides is 1. The molecule has 0 radical (unpaired) electrons. The third-order valence-electron chi connectivity index (χ3n) is 8.31. The summed E-state index contributed by atoms with van der Waals surface area (Å²) >= 11 is 0. The normalized spacial score (nSPS) is 27.1.